The third-order valence-corrected chi connectivity index (χ3v) is 10.2. The van der Waals surface area contributed by atoms with Crippen molar-refractivity contribution in [1.29, 1.82) is 0 Å². The molecule has 0 aliphatic rings. The van der Waals surface area contributed by atoms with Crippen LogP contribution in [-0.2, 0) is 23.8 Å². The summed E-state index contributed by atoms with van der Waals surface area (Å²) >= 11 is 0. The quantitative estimate of drug-likeness (QED) is 0.0199. The number of hydrogen-bond acceptors (Lipinski definition) is 8. The molecule has 326 valence electrons. The molecule has 0 aliphatic heterocycles. The predicted molar refractivity (Wildman–Crippen MR) is 251 cm³/mol. The summed E-state index contributed by atoms with van der Waals surface area (Å²) in [5.74, 6) is 13.5. The van der Waals surface area contributed by atoms with Crippen molar-refractivity contribution in [2.75, 3.05) is 33.0 Å². The SMILES string of the molecule is C=CC(=O)OCCCCCCOc1ccc2cc(C#Cc3ccc(C#Cc4ccc5cc(OCCCCCCOC(=O)C=C)ccc5c4)c(C(=O)OCCCCCC)c3)ccc2c1. The lowest BCUT2D eigenvalue weighted by atomic mass is 10.0. The van der Waals surface area contributed by atoms with Crippen molar-refractivity contribution in [2.24, 2.45) is 0 Å². The van der Waals surface area contributed by atoms with E-state index in [9.17, 15) is 14.4 Å². The number of carbonyl (C=O) groups is 3. The molecule has 8 heteroatoms. The Balaban J connectivity index is 1.20. The topological polar surface area (TPSA) is 97.4 Å². The van der Waals surface area contributed by atoms with Crippen molar-refractivity contribution in [2.45, 2.75) is 84.0 Å². The van der Waals surface area contributed by atoms with Gasteiger partial charge in [-0.15, -0.1) is 0 Å². The third-order valence-electron chi connectivity index (χ3n) is 10.2. The summed E-state index contributed by atoms with van der Waals surface area (Å²) in [4.78, 5) is 35.7. The molecule has 0 saturated carbocycles. The maximum Gasteiger partial charge on any atom is 0.339 e. The van der Waals surface area contributed by atoms with Gasteiger partial charge in [0.1, 0.15) is 11.5 Å². The lowest BCUT2D eigenvalue weighted by Crippen LogP contribution is -2.09. The highest BCUT2D eigenvalue weighted by atomic mass is 16.5. The van der Waals surface area contributed by atoms with E-state index in [4.69, 9.17) is 23.7 Å². The van der Waals surface area contributed by atoms with E-state index in [0.717, 1.165) is 121 Å². The average molecular weight is 847 g/mol. The van der Waals surface area contributed by atoms with Crippen LogP contribution in [0.4, 0.5) is 0 Å². The fraction of sp³-hybridized carbons (Fsp3) is 0.327. The van der Waals surface area contributed by atoms with Gasteiger partial charge >= 0.3 is 17.9 Å². The maximum atomic E-state index is 13.5. The monoisotopic (exact) mass is 846 g/mol. The molecule has 0 fully saturated rings. The minimum Gasteiger partial charge on any atom is -0.494 e. The first kappa shape index (κ1) is 47.3. The number of hydrogen-bond donors (Lipinski definition) is 0. The Hall–Kier alpha value is -6.77. The number of ether oxygens (including phenoxy) is 5. The van der Waals surface area contributed by atoms with Gasteiger partial charge in [0.05, 0.1) is 38.6 Å². The van der Waals surface area contributed by atoms with Crippen LogP contribution in [0.5, 0.6) is 11.5 Å². The van der Waals surface area contributed by atoms with Gasteiger partial charge in [-0.2, -0.15) is 0 Å². The van der Waals surface area contributed by atoms with Gasteiger partial charge in [-0.05, 0) is 146 Å². The Morgan fingerprint density at radius 3 is 1.38 bits per heavy atom. The zero-order valence-electron chi connectivity index (χ0n) is 36.5. The number of fused-ring (bicyclic) bond motifs is 2. The van der Waals surface area contributed by atoms with E-state index >= 15 is 0 Å². The Bertz CT molecular complexity index is 2460. The fourth-order valence-corrected chi connectivity index (χ4v) is 6.70. The Kier molecular flexibility index (Phi) is 19.9. The van der Waals surface area contributed by atoms with E-state index in [-0.39, 0.29) is 11.9 Å². The van der Waals surface area contributed by atoms with Crippen LogP contribution in [0.25, 0.3) is 21.5 Å². The van der Waals surface area contributed by atoms with Gasteiger partial charge < -0.3 is 23.7 Å². The molecular weight excluding hydrogens is 789 g/mol. The van der Waals surface area contributed by atoms with E-state index < -0.39 is 5.97 Å². The van der Waals surface area contributed by atoms with Crippen molar-refractivity contribution in [3.05, 3.63) is 144 Å². The molecule has 0 atom stereocenters. The summed E-state index contributed by atoms with van der Waals surface area (Å²) in [7, 11) is 0. The van der Waals surface area contributed by atoms with Crippen LogP contribution in [0.2, 0.25) is 0 Å². The van der Waals surface area contributed by atoms with Crippen molar-refractivity contribution < 1.29 is 38.1 Å². The average Bonchev–Trinajstić information content (AvgIpc) is 3.31. The molecule has 0 amide bonds. The van der Waals surface area contributed by atoms with Gasteiger partial charge in [0.15, 0.2) is 0 Å². The molecule has 0 aliphatic carbocycles. The second-order valence-electron chi connectivity index (χ2n) is 15.2. The molecule has 0 N–H and O–H groups in total. The molecule has 5 aromatic rings. The second-order valence-corrected chi connectivity index (χ2v) is 15.2. The van der Waals surface area contributed by atoms with E-state index in [1.54, 1.807) is 6.07 Å². The van der Waals surface area contributed by atoms with Crippen LogP contribution in [0.1, 0.15) is 117 Å². The first-order valence-corrected chi connectivity index (χ1v) is 22.1. The van der Waals surface area contributed by atoms with Gasteiger partial charge in [0.25, 0.3) is 0 Å². The maximum absolute atomic E-state index is 13.5. The zero-order valence-corrected chi connectivity index (χ0v) is 36.5. The number of rotatable bonds is 24. The van der Waals surface area contributed by atoms with Crippen LogP contribution < -0.4 is 9.47 Å². The van der Waals surface area contributed by atoms with Gasteiger partial charge in [-0.1, -0.05) is 87.3 Å². The minimum absolute atomic E-state index is 0.355. The highest BCUT2D eigenvalue weighted by Crippen LogP contribution is 2.24. The molecule has 5 aromatic carbocycles. The van der Waals surface area contributed by atoms with Crippen molar-refractivity contribution in [3.8, 4) is 35.2 Å². The first-order valence-electron chi connectivity index (χ1n) is 22.1. The molecule has 0 saturated heterocycles. The normalized spacial score (nSPS) is 10.5. The van der Waals surface area contributed by atoms with E-state index in [2.05, 4.69) is 43.8 Å². The Labute approximate surface area is 372 Å². The first-order chi connectivity index (χ1) is 30.8. The van der Waals surface area contributed by atoms with Crippen LogP contribution in [0, 0.1) is 23.7 Å². The summed E-state index contributed by atoms with van der Waals surface area (Å²) in [6, 6.07) is 29.7. The molecule has 0 bridgehead atoms. The highest BCUT2D eigenvalue weighted by molar-refractivity contribution is 5.93. The number of carbonyl (C=O) groups excluding carboxylic acids is 3. The van der Waals surface area contributed by atoms with E-state index in [1.165, 1.54) is 12.2 Å². The molecule has 0 heterocycles. The molecule has 0 radical (unpaired) electrons. The lowest BCUT2D eigenvalue weighted by Gasteiger charge is -2.08. The summed E-state index contributed by atoms with van der Waals surface area (Å²) in [5, 5.41) is 4.19. The summed E-state index contributed by atoms with van der Waals surface area (Å²) in [5.41, 5.74) is 3.34. The van der Waals surface area contributed by atoms with Crippen LogP contribution >= 0.6 is 0 Å². The number of esters is 3. The van der Waals surface area contributed by atoms with Crippen LogP contribution in [0.15, 0.2) is 116 Å². The van der Waals surface area contributed by atoms with Gasteiger partial charge in [-0.3, -0.25) is 0 Å². The molecule has 0 unspecified atom stereocenters. The summed E-state index contributed by atoms with van der Waals surface area (Å²) in [6.07, 6.45) is 13.8. The largest absolute Gasteiger partial charge is 0.494 e. The van der Waals surface area contributed by atoms with Crippen LogP contribution in [-0.4, -0.2) is 50.9 Å². The Morgan fingerprint density at radius 2 is 0.873 bits per heavy atom. The van der Waals surface area contributed by atoms with Gasteiger partial charge in [-0.25, -0.2) is 14.4 Å². The fourth-order valence-electron chi connectivity index (χ4n) is 6.70. The smallest absolute Gasteiger partial charge is 0.339 e. The molecule has 0 spiro atoms. The molecule has 5 rings (SSSR count). The molecule has 8 nitrogen and oxygen atoms in total. The number of unbranched alkanes of at least 4 members (excludes halogenated alkanes) is 9. The zero-order chi connectivity index (χ0) is 44.5. The third kappa shape index (κ3) is 16.6. The predicted octanol–water partition coefficient (Wildman–Crippen LogP) is 11.9. The second kappa shape index (κ2) is 26.5. The highest BCUT2D eigenvalue weighted by Gasteiger charge is 2.13. The lowest BCUT2D eigenvalue weighted by molar-refractivity contribution is -0.138. The van der Waals surface area contributed by atoms with Gasteiger partial charge in [0.2, 0.25) is 0 Å². The van der Waals surface area contributed by atoms with Crippen molar-refractivity contribution in [1.82, 2.24) is 0 Å². The Morgan fingerprint density at radius 1 is 0.460 bits per heavy atom. The van der Waals surface area contributed by atoms with Crippen LogP contribution in [0.3, 0.4) is 0 Å². The number of benzene rings is 5. The van der Waals surface area contributed by atoms with E-state index in [1.807, 2.05) is 84.9 Å². The summed E-state index contributed by atoms with van der Waals surface area (Å²) in [6.45, 7) is 11.4. The molecule has 0 aromatic heterocycles. The van der Waals surface area contributed by atoms with Crippen molar-refractivity contribution in [3.63, 3.8) is 0 Å². The van der Waals surface area contributed by atoms with Gasteiger partial charge in [0, 0.05) is 34.4 Å². The molecule has 63 heavy (non-hydrogen) atoms. The summed E-state index contributed by atoms with van der Waals surface area (Å²) < 4.78 is 27.8. The standard InChI is InChI=1S/C55H58O8/c1-4-7-8-13-36-63-55(58)52-39-44(19-18-42-22-26-48-40-50(30-28-46(48)37-42)59-32-14-9-11-16-34-61-53(56)5-2)21-25-45(52)24-20-43-23-27-49-41-51(31-29-47(49)38-43)60-33-15-10-12-17-35-62-54(57)6-3/h5-6,21-23,25-31,37-41H,2-4,7-17,32-36H2,1H3. The van der Waals surface area contributed by atoms with E-state index in [0.29, 0.717) is 49.7 Å². The van der Waals surface area contributed by atoms with Crippen molar-refractivity contribution >= 4 is 39.5 Å². The minimum atomic E-state index is -0.408. The molecular formula is C55H58O8.